The Kier molecular flexibility index (Phi) is 3.67. The summed E-state index contributed by atoms with van der Waals surface area (Å²) >= 11 is 0. The second kappa shape index (κ2) is 5.05. The van der Waals surface area contributed by atoms with Crippen LogP contribution in [0.2, 0.25) is 0 Å². The van der Waals surface area contributed by atoms with Gasteiger partial charge in [-0.1, -0.05) is 13.8 Å². The smallest absolute Gasteiger partial charge is 0.125 e. The lowest BCUT2D eigenvalue weighted by Crippen LogP contribution is -2.38. The summed E-state index contributed by atoms with van der Waals surface area (Å²) in [6.07, 6.45) is 1.29. The highest BCUT2D eigenvalue weighted by atomic mass is 19.1. The Morgan fingerprint density at radius 3 is 2.47 bits per heavy atom. The van der Waals surface area contributed by atoms with Crippen LogP contribution >= 0.6 is 0 Å². The molecule has 2 atom stereocenters. The van der Waals surface area contributed by atoms with E-state index in [2.05, 4.69) is 18.7 Å². The van der Waals surface area contributed by atoms with Crippen molar-refractivity contribution in [3.8, 4) is 0 Å². The Labute approximate surface area is 103 Å². The highest BCUT2D eigenvalue weighted by molar-refractivity contribution is 5.41. The average Bonchev–Trinajstić information content (AvgIpc) is 2.13. The second-order valence-electron chi connectivity index (χ2n) is 5.53. The summed E-state index contributed by atoms with van der Waals surface area (Å²) in [6.45, 7) is 7.56. The van der Waals surface area contributed by atoms with Gasteiger partial charge >= 0.3 is 0 Å². The maximum Gasteiger partial charge on any atom is 0.125 e. The largest absolute Gasteiger partial charge is 0.399 e. The topological polar surface area (TPSA) is 29.3 Å². The molecule has 1 fully saturated rings. The van der Waals surface area contributed by atoms with E-state index in [1.807, 2.05) is 6.07 Å². The first-order valence-electron chi connectivity index (χ1n) is 6.30. The minimum absolute atomic E-state index is 0.238. The van der Waals surface area contributed by atoms with Crippen LogP contribution < -0.4 is 5.73 Å². The van der Waals surface area contributed by atoms with E-state index in [0.717, 1.165) is 37.0 Å². The molecule has 2 nitrogen and oxygen atoms in total. The molecule has 0 amide bonds. The standard InChI is InChI=1S/C14H21FN2/c1-10-3-11(2)8-17(7-10)9-12-4-13(15)6-14(16)5-12/h4-6,10-11H,3,7-9,16H2,1-2H3. The first-order valence-corrected chi connectivity index (χ1v) is 6.30. The van der Waals surface area contributed by atoms with Gasteiger partial charge in [-0.25, -0.2) is 4.39 Å². The fourth-order valence-corrected chi connectivity index (χ4v) is 2.95. The zero-order chi connectivity index (χ0) is 12.4. The van der Waals surface area contributed by atoms with Gasteiger partial charge in [0.25, 0.3) is 0 Å². The summed E-state index contributed by atoms with van der Waals surface area (Å²) in [4.78, 5) is 2.40. The van der Waals surface area contributed by atoms with Gasteiger partial charge in [-0.2, -0.15) is 0 Å². The van der Waals surface area contributed by atoms with Crippen LogP contribution in [0.3, 0.4) is 0 Å². The molecule has 0 aliphatic carbocycles. The van der Waals surface area contributed by atoms with E-state index >= 15 is 0 Å². The number of halogens is 1. The highest BCUT2D eigenvalue weighted by Crippen LogP contribution is 2.23. The van der Waals surface area contributed by atoms with Gasteiger partial charge in [0, 0.05) is 25.3 Å². The van der Waals surface area contributed by atoms with Gasteiger partial charge in [-0.3, -0.25) is 4.90 Å². The van der Waals surface area contributed by atoms with Gasteiger partial charge in [0.05, 0.1) is 0 Å². The Hall–Kier alpha value is -1.09. The van der Waals surface area contributed by atoms with Gasteiger partial charge < -0.3 is 5.73 Å². The monoisotopic (exact) mass is 236 g/mol. The number of rotatable bonds is 2. The van der Waals surface area contributed by atoms with Crippen molar-refractivity contribution in [1.29, 1.82) is 0 Å². The number of piperidine rings is 1. The van der Waals surface area contributed by atoms with Crippen molar-refractivity contribution >= 4 is 5.69 Å². The van der Waals surface area contributed by atoms with E-state index in [-0.39, 0.29) is 5.82 Å². The lowest BCUT2D eigenvalue weighted by molar-refractivity contribution is 0.134. The second-order valence-corrected chi connectivity index (χ2v) is 5.53. The molecule has 0 bridgehead atoms. The first kappa shape index (κ1) is 12.4. The lowest BCUT2D eigenvalue weighted by atomic mass is 9.91. The molecule has 0 spiro atoms. The molecule has 1 saturated heterocycles. The molecular weight excluding hydrogens is 215 g/mol. The van der Waals surface area contributed by atoms with Gasteiger partial charge in [0.15, 0.2) is 0 Å². The zero-order valence-electron chi connectivity index (χ0n) is 10.6. The third-order valence-electron chi connectivity index (χ3n) is 3.33. The molecule has 1 aromatic rings. The molecule has 3 heteroatoms. The van der Waals surface area contributed by atoms with Crippen LogP contribution in [0, 0.1) is 17.7 Å². The molecule has 0 saturated carbocycles. The van der Waals surface area contributed by atoms with E-state index in [1.54, 1.807) is 6.07 Å². The van der Waals surface area contributed by atoms with Gasteiger partial charge in [0.2, 0.25) is 0 Å². The summed E-state index contributed by atoms with van der Waals surface area (Å²) in [5, 5.41) is 0. The predicted molar refractivity (Wildman–Crippen MR) is 69.0 cm³/mol. The minimum Gasteiger partial charge on any atom is -0.399 e. The maximum atomic E-state index is 13.2. The van der Waals surface area contributed by atoms with Crippen LogP contribution in [-0.4, -0.2) is 18.0 Å². The third kappa shape index (κ3) is 3.43. The zero-order valence-corrected chi connectivity index (χ0v) is 10.6. The fourth-order valence-electron chi connectivity index (χ4n) is 2.95. The Balaban J connectivity index is 2.04. The van der Waals surface area contributed by atoms with Gasteiger partial charge in [-0.05, 0) is 42.0 Å². The van der Waals surface area contributed by atoms with Crippen molar-refractivity contribution in [1.82, 2.24) is 4.90 Å². The summed E-state index contributed by atoms with van der Waals surface area (Å²) in [6, 6.07) is 4.82. The summed E-state index contributed by atoms with van der Waals surface area (Å²) < 4.78 is 13.2. The van der Waals surface area contributed by atoms with Crippen LogP contribution in [0.15, 0.2) is 18.2 Å². The summed E-state index contributed by atoms with van der Waals surface area (Å²) in [7, 11) is 0. The van der Waals surface area contributed by atoms with Crippen molar-refractivity contribution in [2.24, 2.45) is 11.8 Å². The SMILES string of the molecule is CC1CC(C)CN(Cc2cc(N)cc(F)c2)C1. The number of anilines is 1. The lowest BCUT2D eigenvalue weighted by Gasteiger charge is -2.35. The third-order valence-corrected chi connectivity index (χ3v) is 3.33. The van der Waals surface area contributed by atoms with E-state index < -0.39 is 0 Å². The molecule has 2 unspecified atom stereocenters. The molecule has 0 radical (unpaired) electrons. The van der Waals surface area contributed by atoms with Gasteiger partial charge in [0.1, 0.15) is 5.82 Å². The van der Waals surface area contributed by atoms with Crippen molar-refractivity contribution in [3.05, 3.63) is 29.6 Å². The number of likely N-dealkylation sites (tertiary alicyclic amines) is 1. The Bertz CT molecular complexity index is 362. The van der Waals surface area contributed by atoms with Crippen LogP contribution in [0.4, 0.5) is 10.1 Å². The molecule has 2 N–H and O–H groups in total. The molecule has 1 aliphatic rings. The highest BCUT2D eigenvalue weighted by Gasteiger charge is 2.21. The first-order chi connectivity index (χ1) is 8.02. The number of hydrogen-bond donors (Lipinski definition) is 1. The molecule has 94 valence electrons. The number of nitrogens with zero attached hydrogens (tertiary/aromatic N) is 1. The van der Waals surface area contributed by atoms with Crippen LogP contribution in [-0.2, 0) is 6.54 Å². The van der Waals surface area contributed by atoms with Crippen molar-refractivity contribution < 1.29 is 4.39 Å². The molecular formula is C14H21FN2. The van der Waals surface area contributed by atoms with E-state index in [4.69, 9.17) is 5.73 Å². The number of benzene rings is 1. The number of nitrogen functional groups attached to an aromatic ring is 1. The van der Waals surface area contributed by atoms with Crippen LogP contribution in [0.25, 0.3) is 0 Å². The molecule has 17 heavy (non-hydrogen) atoms. The Morgan fingerprint density at radius 1 is 1.24 bits per heavy atom. The normalized spacial score (nSPS) is 26.1. The minimum atomic E-state index is -0.238. The Morgan fingerprint density at radius 2 is 1.88 bits per heavy atom. The molecule has 0 aromatic heterocycles. The number of hydrogen-bond acceptors (Lipinski definition) is 2. The maximum absolute atomic E-state index is 13.2. The predicted octanol–water partition coefficient (Wildman–Crippen LogP) is 2.89. The van der Waals surface area contributed by atoms with E-state index in [9.17, 15) is 4.39 Å². The quantitative estimate of drug-likeness (QED) is 0.800. The van der Waals surface area contributed by atoms with E-state index in [0.29, 0.717) is 5.69 Å². The van der Waals surface area contributed by atoms with Gasteiger partial charge in [-0.15, -0.1) is 0 Å². The van der Waals surface area contributed by atoms with Crippen molar-refractivity contribution in [3.63, 3.8) is 0 Å². The average molecular weight is 236 g/mol. The fraction of sp³-hybridized carbons (Fsp3) is 0.571. The molecule has 1 aromatic carbocycles. The molecule has 1 aliphatic heterocycles. The van der Waals surface area contributed by atoms with Crippen LogP contribution in [0.1, 0.15) is 25.8 Å². The molecule has 2 rings (SSSR count). The number of nitrogens with two attached hydrogens (primary N) is 1. The molecule has 1 heterocycles. The van der Waals surface area contributed by atoms with Crippen molar-refractivity contribution in [2.45, 2.75) is 26.8 Å². The van der Waals surface area contributed by atoms with Crippen molar-refractivity contribution in [2.75, 3.05) is 18.8 Å². The van der Waals surface area contributed by atoms with E-state index in [1.165, 1.54) is 12.5 Å². The summed E-state index contributed by atoms with van der Waals surface area (Å²) in [5.74, 6) is 1.22. The van der Waals surface area contributed by atoms with Crippen LogP contribution in [0.5, 0.6) is 0 Å². The summed E-state index contributed by atoms with van der Waals surface area (Å²) in [5.41, 5.74) is 7.15.